The van der Waals surface area contributed by atoms with Crippen LogP contribution in [-0.2, 0) is 0 Å². The van der Waals surface area contributed by atoms with Gasteiger partial charge in [0.1, 0.15) is 12.0 Å². The van der Waals surface area contributed by atoms with E-state index >= 15 is 0 Å². The molecule has 22 heavy (non-hydrogen) atoms. The van der Waals surface area contributed by atoms with Crippen molar-refractivity contribution in [1.82, 2.24) is 15.0 Å². The van der Waals surface area contributed by atoms with Crippen LogP contribution in [0.2, 0.25) is 0 Å². The quantitative estimate of drug-likeness (QED) is 0.751. The molecular formula is C15H16N6S. The molecule has 3 rings (SSSR count). The molecule has 0 saturated heterocycles. The number of nitrogens with one attached hydrogen (secondary N) is 1. The molecule has 112 valence electrons. The van der Waals surface area contributed by atoms with Gasteiger partial charge in [-0.1, -0.05) is 18.2 Å². The van der Waals surface area contributed by atoms with Crippen molar-refractivity contribution in [3.05, 3.63) is 48.2 Å². The number of anilines is 5. The van der Waals surface area contributed by atoms with Crippen LogP contribution in [0.25, 0.3) is 0 Å². The van der Waals surface area contributed by atoms with Crippen LogP contribution in [0.15, 0.2) is 48.2 Å². The van der Waals surface area contributed by atoms with Crippen molar-refractivity contribution in [2.24, 2.45) is 0 Å². The fourth-order valence-electron chi connectivity index (χ4n) is 2.15. The average molecular weight is 312 g/mol. The number of nitrogens with two attached hydrogens (primary N) is 1. The Morgan fingerprint density at radius 2 is 2.00 bits per heavy atom. The number of hydrogen-bond donors (Lipinski definition) is 2. The van der Waals surface area contributed by atoms with Crippen LogP contribution in [0.3, 0.4) is 0 Å². The van der Waals surface area contributed by atoms with Crippen LogP contribution in [0.1, 0.15) is 6.92 Å². The molecule has 0 amide bonds. The largest absolute Gasteiger partial charge is 0.393 e. The minimum Gasteiger partial charge on any atom is -0.393 e. The number of para-hydroxylation sites is 1. The predicted molar refractivity (Wildman–Crippen MR) is 91.0 cm³/mol. The Morgan fingerprint density at radius 1 is 1.18 bits per heavy atom. The number of benzene rings is 1. The van der Waals surface area contributed by atoms with Crippen LogP contribution in [0, 0.1) is 0 Å². The first-order valence-corrected chi connectivity index (χ1v) is 7.77. The maximum absolute atomic E-state index is 6.26. The number of nitrogens with zero attached hydrogens (tertiary/aromatic N) is 4. The number of nitrogen functional groups attached to an aromatic ring is 1. The summed E-state index contributed by atoms with van der Waals surface area (Å²) in [7, 11) is 0. The lowest BCUT2D eigenvalue weighted by Gasteiger charge is -2.24. The number of rotatable bonds is 5. The first-order valence-electron chi connectivity index (χ1n) is 6.89. The van der Waals surface area contributed by atoms with Gasteiger partial charge in [-0.05, 0) is 19.1 Å². The molecule has 1 aromatic carbocycles. The highest BCUT2D eigenvalue weighted by Crippen LogP contribution is 2.32. The van der Waals surface area contributed by atoms with Gasteiger partial charge in [-0.25, -0.2) is 15.0 Å². The fourth-order valence-corrected chi connectivity index (χ4v) is 2.68. The first-order chi connectivity index (χ1) is 10.8. The van der Waals surface area contributed by atoms with Crippen molar-refractivity contribution >= 4 is 39.5 Å². The summed E-state index contributed by atoms with van der Waals surface area (Å²) < 4.78 is 0. The minimum absolute atomic E-state index is 0.503. The zero-order valence-corrected chi connectivity index (χ0v) is 12.9. The van der Waals surface area contributed by atoms with E-state index in [4.69, 9.17) is 5.73 Å². The predicted octanol–water partition coefficient (Wildman–Crippen LogP) is 3.42. The molecule has 0 unspecified atom stereocenters. The zero-order chi connectivity index (χ0) is 15.4. The van der Waals surface area contributed by atoms with E-state index in [9.17, 15) is 0 Å². The monoisotopic (exact) mass is 312 g/mol. The van der Waals surface area contributed by atoms with E-state index in [2.05, 4.69) is 27.2 Å². The smallest absolute Gasteiger partial charge is 0.188 e. The summed E-state index contributed by atoms with van der Waals surface area (Å²) >= 11 is 1.49. The summed E-state index contributed by atoms with van der Waals surface area (Å²) in [6.45, 7) is 2.81. The van der Waals surface area contributed by atoms with Crippen LogP contribution in [0.5, 0.6) is 0 Å². The maximum atomic E-state index is 6.26. The molecule has 0 bridgehead atoms. The Bertz CT molecular complexity index is 729. The highest BCUT2D eigenvalue weighted by atomic mass is 32.1. The van der Waals surface area contributed by atoms with Gasteiger partial charge < -0.3 is 16.0 Å². The molecule has 0 aliphatic heterocycles. The summed E-state index contributed by atoms with van der Waals surface area (Å²) in [5.74, 6) is 1.25. The van der Waals surface area contributed by atoms with Gasteiger partial charge in [0, 0.05) is 23.8 Å². The molecule has 0 saturated carbocycles. The Hall–Kier alpha value is -2.67. The minimum atomic E-state index is 0.503. The lowest BCUT2D eigenvalue weighted by molar-refractivity contribution is 0.980. The molecule has 0 atom stereocenters. The Balaban J connectivity index is 1.96. The topological polar surface area (TPSA) is 80.0 Å². The molecular weight excluding hydrogens is 296 g/mol. The van der Waals surface area contributed by atoms with E-state index in [1.165, 1.54) is 17.7 Å². The molecule has 3 N–H and O–H groups in total. The van der Waals surface area contributed by atoms with Crippen LogP contribution < -0.4 is 16.0 Å². The third kappa shape index (κ3) is 2.84. The SMILES string of the molecule is CCN(c1ccccc1)c1ncnc(Nc2nccs2)c1N. The number of aromatic nitrogens is 3. The van der Waals surface area contributed by atoms with Crippen molar-refractivity contribution in [2.45, 2.75) is 6.92 Å². The van der Waals surface area contributed by atoms with Crippen molar-refractivity contribution in [3.63, 3.8) is 0 Å². The second-order valence-electron chi connectivity index (χ2n) is 4.50. The van der Waals surface area contributed by atoms with Crippen LogP contribution >= 0.6 is 11.3 Å². The van der Waals surface area contributed by atoms with Crippen molar-refractivity contribution in [3.8, 4) is 0 Å². The van der Waals surface area contributed by atoms with Gasteiger partial charge in [0.2, 0.25) is 0 Å². The molecule has 2 heterocycles. The maximum Gasteiger partial charge on any atom is 0.188 e. The lowest BCUT2D eigenvalue weighted by atomic mass is 10.2. The van der Waals surface area contributed by atoms with E-state index < -0.39 is 0 Å². The summed E-state index contributed by atoms with van der Waals surface area (Å²) in [6.07, 6.45) is 3.24. The van der Waals surface area contributed by atoms with E-state index in [1.807, 2.05) is 40.6 Å². The van der Waals surface area contributed by atoms with Crippen molar-refractivity contribution in [2.75, 3.05) is 22.5 Å². The second kappa shape index (κ2) is 6.40. The summed E-state index contributed by atoms with van der Waals surface area (Å²) in [6, 6.07) is 10.0. The summed E-state index contributed by atoms with van der Waals surface area (Å²) in [5.41, 5.74) is 7.80. The third-order valence-electron chi connectivity index (χ3n) is 3.16. The van der Waals surface area contributed by atoms with E-state index in [-0.39, 0.29) is 0 Å². The average Bonchev–Trinajstić information content (AvgIpc) is 3.06. The molecule has 3 aromatic rings. The Kier molecular flexibility index (Phi) is 4.15. The van der Waals surface area contributed by atoms with Gasteiger partial charge in [-0.3, -0.25) is 0 Å². The van der Waals surface area contributed by atoms with E-state index in [0.29, 0.717) is 17.3 Å². The summed E-state index contributed by atoms with van der Waals surface area (Å²) in [4.78, 5) is 14.8. The van der Waals surface area contributed by atoms with E-state index in [1.54, 1.807) is 6.20 Å². The van der Waals surface area contributed by atoms with Crippen molar-refractivity contribution < 1.29 is 0 Å². The van der Waals surface area contributed by atoms with Crippen LogP contribution in [-0.4, -0.2) is 21.5 Å². The highest BCUT2D eigenvalue weighted by molar-refractivity contribution is 7.13. The molecule has 0 radical (unpaired) electrons. The molecule has 7 heteroatoms. The highest BCUT2D eigenvalue weighted by Gasteiger charge is 2.16. The molecule has 0 aliphatic rings. The molecule has 6 nitrogen and oxygen atoms in total. The Morgan fingerprint density at radius 3 is 2.68 bits per heavy atom. The van der Waals surface area contributed by atoms with Gasteiger partial charge in [-0.2, -0.15) is 0 Å². The first kappa shape index (κ1) is 14.3. The molecule has 0 spiro atoms. The van der Waals surface area contributed by atoms with Gasteiger partial charge >= 0.3 is 0 Å². The van der Waals surface area contributed by atoms with Crippen LogP contribution in [0.4, 0.5) is 28.1 Å². The Labute approximate surface area is 132 Å². The van der Waals surface area contributed by atoms with E-state index in [0.717, 1.165) is 17.4 Å². The number of hydrogen-bond acceptors (Lipinski definition) is 7. The lowest BCUT2D eigenvalue weighted by Crippen LogP contribution is -2.19. The standard InChI is InChI=1S/C15H16N6S/c1-2-21(11-6-4-3-5-7-11)14-12(16)13(18-10-19-14)20-15-17-8-9-22-15/h3-10H,2,16H2,1H3,(H,17,18,19,20). The second-order valence-corrected chi connectivity index (χ2v) is 5.40. The third-order valence-corrected chi connectivity index (χ3v) is 3.85. The molecule has 2 aromatic heterocycles. The summed E-state index contributed by atoms with van der Waals surface area (Å²) in [5, 5.41) is 5.77. The van der Waals surface area contributed by atoms with Gasteiger partial charge in [0.05, 0.1) is 0 Å². The molecule has 0 fully saturated rings. The van der Waals surface area contributed by atoms with Gasteiger partial charge in [-0.15, -0.1) is 11.3 Å². The fraction of sp³-hybridized carbons (Fsp3) is 0.133. The normalized spacial score (nSPS) is 10.4. The van der Waals surface area contributed by atoms with Gasteiger partial charge in [0.15, 0.2) is 16.8 Å². The molecule has 0 aliphatic carbocycles. The number of thiazole rings is 1. The van der Waals surface area contributed by atoms with Gasteiger partial charge in [0.25, 0.3) is 0 Å². The zero-order valence-electron chi connectivity index (χ0n) is 12.1. The van der Waals surface area contributed by atoms with Crippen molar-refractivity contribution in [1.29, 1.82) is 0 Å².